The average Bonchev–Trinajstić information content (AvgIpc) is 2.31. The fraction of sp³-hybridized carbons (Fsp3) is 0.300. The normalized spacial score (nSPS) is 11.4. The summed E-state index contributed by atoms with van der Waals surface area (Å²) in [5.74, 6) is -0.617. The van der Waals surface area contributed by atoms with Crippen LogP contribution in [-0.2, 0) is 19.6 Å². The number of nitrogen functional groups attached to an aromatic ring is 1. The van der Waals surface area contributed by atoms with Gasteiger partial charge < -0.3 is 16.2 Å². The van der Waals surface area contributed by atoms with Crippen LogP contribution < -0.4 is 16.2 Å². The van der Waals surface area contributed by atoms with Gasteiger partial charge in [0, 0.05) is 6.54 Å². The molecule has 5 N–H and O–H groups in total. The zero-order valence-corrected chi connectivity index (χ0v) is 11.5. The Morgan fingerprint density at radius 2 is 2.11 bits per heavy atom. The molecule has 0 spiro atoms. The summed E-state index contributed by atoms with van der Waals surface area (Å²) in [6.45, 7) is -0.209. The van der Waals surface area contributed by atoms with E-state index in [4.69, 9.17) is 27.8 Å². The molecule has 7 nitrogen and oxygen atoms in total. The standard InChI is InChI=1S/C10H14ClN3O4S/c11-8-2-1-7(5-9(8)12)19(16,17)14-3-4-18-6-10(13)15/h1-2,5,14H,3-4,6,12H2,(H2,13,15). The lowest BCUT2D eigenvalue weighted by Gasteiger charge is -2.08. The first-order valence-electron chi connectivity index (χ1n) is 5.23. The van der Waals surface area contributed by atoms with Crippen molar-refractivity contribution < 1.29 is 17.9 Å². The van der Waals surface area contributed by atoms with Gasteiger partial charge in [-0.2, -0.15) is 0 Å². The Balaban J connectivity index is 2.56. The zero-order chi connectivity index (χ0) is 14.5. The number of nitrogens with two attached hydrogens (primary N) is 2. The molecule has 19 heavy (non-hydrogen) atoms. The highest BCUT2D eigenvalue weighted by atomic mass is 35.5. The van der Waals surface area contributed by atoms with Gasteiger partial charge in [0.15, 0.2) is 0 Å². The highest BCUT2D eigenvalue weighted by Gasteiger charge is 2.14. The fourth-order valence-electron chi connectivity index (χ4n) is 1.19. The van der Waals surface area contributed by atoms with E-state index in [0.29, 0.717) is 0 Å². The number of benzene rings is 1. The second kappa shape index (κ2) is 6.71. The maximum Gasteiger partial charge on any atom is 0.243 e. The summed E-state index contributed by atoms with van der Waals surface area (Å²) < 4.78 is 30.8. The Labute approximate surface area is 115 Å². The van der Waals surface area contributed by atoms with Gasteiger partial charge in [0.2, 0.25) is 15.9 Å². The minimum Gasteiger partial charge on any atom is -0.397 e. The number of ether oxygens (including phenoxy) is 1. The van der Waals surface area contributed by atoms with Gasteiger partial charge in [0.05, 0.1) is 22.2 Å². The van der Waals surface area contributed by atoms with Crippen LogP contribution in [0.25, 0.3) is 0 Å². The van der Waals surface area contributed by atoms with E-state index < -0.39 is 15.9 Å². The molecule has 0 radical (unpaired) electrons. The molecule has 0 atom stereocenters. The van der Waals surface area contributed by atoms with Crippen molar-refractivity contribution in [2.45, 2.75) is 4.90 Å². The minimum atomic E-state index is -3.69. The van der Waals surface area contributed by atoms with E-state index in [9.17, 15) is 13.2 Å². The Hall–Kier alpha value is -1.35. The van der Waals surface area contributed by atoms with Crippen LogP contribution in [0.3, 0.4) is 0 Å². The number of rotatable bonds is 7. The van der Waals surface area contributed by atoms with Crippen LogP contribution in [0.15, 0.2) is 23.1 Å². The lowest BCUT2D eigenvalue weighted by molar-refractivity contribution is -0.122. The molecule has 0 aromatic heterocycles. The summed E-state index contributed by atoms with van der Waals surface area (Å²) in [5.41, 5.74) is 10.6. The summed E-state index contributed by atoms with van der Waals surface area (Å²) in [6.07, 6.45) is 0. The predicted octanol–water partition coefficient (Wildman–Crippen LogP) is -0.298. The molecule has 1 aromatic rings. The van der Waals surface area contributed by atoms with Crippen molar-refractivity contribution in [3.63, 3.8) is 0 Å². The van der Waals surface area contributed by atoms with Gasteiger partial charge in [-0.25, -0.2) is 13.1 Å². The molecule has 0 aliphatic rings. The monoisotopic (exact) mass is 307 g/mol. The van der Waals surface area contributed by atoms with Gasteiger partial charge in [-0.3, -0.25) is 4.79 Å². The lowest BCUT2D eigenvalue weighted by Crippen LogP contribution is -2.29. The average molecular weight is 308 g/mol. The van der Waals surface area contributed by atoms with Crippen LogP contribution in [-0.4, -0.2) is 34.1 Å². The van der Waals surface area contributed by atoms with Crippen LogP contribution in [0.5, 0.6) is 0 Å². The van der Waals surface area contributed by atoms with E-state index in [1.165, 1.54) is 18.2 Å². The number of anilines is 1. The molecule has 0 fully saturated rings. The molecular weight excluding hydrogens is 294 g/mol. The van der Waals surface area contributed by atoms with Crippen LogP contribution in [0.4, 0.5) is 5.69 Å². The number of nitrogens with one attached hydrogen (secondary N) is 1. The molecule has 106 valence electrons. The largest absolute Gasteiger partial charge is 0.397 e. The third-order valence-corrected chi connectivity index (χ3v) is 3.86. The lowest BCUT2D eigenvalue weighted by atomic mass is 10.3. The molecule has 0 aliphatic carbocycles. The van der Waals surface area contributed by atoms with Crippen LogP contribution >= 0.6 is 11.6 Å². The molecule has 0 saturated carbocycles. The number of hydrogen-bond donors (Lipinski definition) is 3. The number of carbonyl (C=O) groups is 1. The Kier molecular flexibility index (Phi) is 5.55. The summed E-state index contributed by atoms with van der Waals surface area (Å²) in [6, 6.07) is 4.00. The highest BCUT2D eigenvalue weighted by molar-refractivity contribution is 7.89. The molecule has 1 rings (SSSR count). The topological polar surface area (TPSA) is 125 Å². The van der Waals surface area contributed by atoms with Crippen LogP contribution in [0.2, 0.25) is 5.02 Å². The SMILES string of the molecule is NC(=O)COCCNS(=O)(=O)c1ccc(Cl)c(N)c1. The fourth-order valence-corrected chi connectivity index (χ4v) is 2.36. The van der Waals surface area contributed by atoms with E-state index in [2.05, 4.69) is 4.72 Å². The first kappa shape index (κ1) is 15.7. The van der Waals surface area contributed by atoms with Crippen molar-refractivity contribution >= 4 is 33.2 Å². The summed E-state index contributed by atoms with van der Waals surface area (Å²) in [7, 11) is -3.69. The van der Waals surface area contributed by atoms with E-state index >= 15 is 0 Å². The Bertz CT molecular complexity index is 562. The first-order chi connectivity index (χ1) is 8.83. The number of carbonyl (C=O) groups excluding carboxylic acids is 1. The Morgan fingerprint density at radius 1 is 1.42 bits per heavy atom. The van der Waals surface area contributed by atoms with Crippen LogP contribution in [0.1, 0.15) is 0 Å². The molecule has 0 aliphatic heterocycles. The van der Waals surface area contributed by atoms with Crippen molar-refractivity contribution in [3.8, 4) is 0 Å². The van der Waals surface area contributed by atoms with Gasteiger partial charge in [-0.1, -0.05) is 11.6 Å². The molecule has 0 heterocycles. The molecule has 0 bridgehead atoms. The minimum absolute atomic E-state index is 0.00398. The van der Waals surface area contributed by atoms with Gasteiger partial charge in [-0.05, 0) is 18.2 Å². The van der Waals surface area contributed by atoms with Crippen molar-refractivity contribution in [1.82, 2.24) is 4.72 Å². The third-order valence-electron chi connectivity index (χ3n) is 2.06. The van der Waals surface area contributed by atoms with E-state index in [-0.39, 0.29) is 35.4 Å². The van der Waals surface area contributed by atoms with Gasteiger partial charge in [0.25, 0.3) is 0 Å². The molecule has 0 unspecified atom stereocenters. The van der Waals surface area contributed by atoms with Crippen molar-refractivity contribution in [2.24, 2.45) is 5.73 Å². The molecule has 1 amide bonds. The van der Waals surface area contributed by atoms with Gasteiger partial charge in [0.1, 0.15) is 6.61 Å². The third kappa shape index (κ3) is 5.03. The summed E-state index contributed by atoms with van der Waals surface area (Å²) in [4.78, 5) is 10.4. The quantitative estimate of drug-likeness (QED) is 0.471. The number of hydrogen-bond acceptors (Lipinski definition) is 5. The second-order valence-corrected chi connectivity index (χ2v) is 5.77. The number of amides is 1. The Morgan fingerprint density at radius 3 is 2.68 bits per heavy atom. The van der Waals surface area contributed by atoms with Crippen molar-refractivity contribution in [3.05, 3.63) is 23.2 Å². The van der Waals surface area contributed by atoms with Gasteiger partial charge >= 0.3 is 0 Å². The summed E-state index contributed by atoms with van der Waals surface area (Å²) in [5, 5.41) is 0.281. The van der Waals surface area contributed by atoms with Crippen molar-refractivity contribution in [1.29, 1.82) is 0 Å². The van der Waals surface area contributed by atoms with E-state index in [1.807, 2.05) is 0 Å². The summed E-state index contributed by atoms with van der Waals surface area (Å²) >= 11 is 5.70. The number of sulfonamides is 1. The molecule has 0 saturated heterocycles. The van der Waals surface area contributed by atoms with Crippen molar-refractivity contribution in [2.75, 3.05) is 25.5 Å². The molecule has 1 aromatic carbocycles. The maximum atomic E-state index is 11.8. The second-order valence-electron chi connectivity index (χ2n) is 3.60. The van der Waals surface area contributed by atoms with Crippen LogP contribution in [0, 0.1) is 0 Å². The highest BCUT2D eigenvalue weighted by Crippen LogP contribution is 2.21. The number of primary amides is 1. The zero-order valence-electron chi connectivity index (χ0n) is 9.93. The maximum absolute atomic E-state index is 11.8. The van der Waals surface area contributed by atoms with E-state index in [0.717, 1.165) is 0 Å². The first-order valence-corrected chi connectivity index (χ1v) is 7.10. The smallest absolute Gasteiger partial charge is 0.243 e. The van der Waals surface area contributed by atoms with E-state index in [1.54, 1.807) is 0 Å². The number of halogens is 1. The molecule has 9 heteroatoms. The predicted molar refractivity (Wildman–Crippen MR) is 71.1 cm³/mol. The molecular formula is C10H14ClN3O4S. The van der Waals surface area contributed by atoms with Gasteiger partial charge in [-0.15, -0.1) is 0 Å².